The predicted octanol–water partition coefficient (Wildman–Crippen LogP) is 2.65. The predicted molar refractivity (Wildman–Crippen MR) is 71.9 cm³/mol. The van der Waals surface area contributed by atoms with Crippen LogP contribution in [-0.2, 0) is 19.4 Å². The van der Waals surface area contributed by atoms with E-state index >= 15 is 0 Å². The summed E-state index contributed by atoms with van der Waals surface area (Å²) in [5.74, 6) is 1.78. The highest BCUT2D eigenvalue weighted by atomic mass is 16.5. The lowest BCUT2D eigenvalue weighted by Gasteiger charge is -2.11. The van der Waals surface area contributed by atoms with Crippen molar-refractivity contribution in [2.24, 2.45) is 0 Å². The molecule has 3 rings (SSSR count). The minimum Gasteiger partial charge on any atom is -0.364 e. The average Bonchev–Trinajstić information content (AvgIpc) is 2.69. The molecule has 2 aromatic heterocycles. The van der Waals surface area contributed by atoms with E-state index in [9.17, 15) is 0 Å². The van der Waals surface area contributed by atoms with Gasteiger partial charge in [-0.1, -0.05) is 11.6 Å². The van der Waals surface area contributed by atoms with Crippen LogP contribution in [0.5, 0.6) is 0 Å². The zero-order chi connectivity index (χ0) is 13.1. The highest BCUT2D eigenvalue weighted by Crippen LogP contribution is 2.24. The van der Waals surface area contributed by atoms with Crippen LogP contribution in [0, 0.1) is 6.92 Å². The maximum absolute atomic E-state index is 5.06. The summed E-state index contributed by atoms with van der Waals surface area (Å²) in [6.07, 6.45) is 7.51. The van der Waals surface area contributed by atoms with E-state index in [1.165, 1.54) is 30.5 Å². The van der Waals surface area contributed by atoms with Gasteiger partial charge in [0.2, 0.25) is 0 Å². The fraction of sp³-hybridized carbons (Fsp3) is 0.500. The van der Waals surface area contributed by atoms with Crippen molar-refractivity contribution in [2.45, 2.75) is 45.6 Å². The van der Waals surface area contributed by atoms with Gasteiger partial charge in [0.05, 0.1) is 6.54 Å². The molecule has 0 aromatic carbocycles. The first-order chi connectivity index (χ1) is 9.33. The third kappa shape index (κ3) is 2.75. The lowest BCUT2D eigenvalue weighted by atomic mass is 10.1. The molecule has 0 atom stereocenters. The summed E-state index contributed by atoms with van der Waals surface area (Å²) in [5, 5.41) is 7.34. The van der Waals surface area contributed by atoms with Gasteiger partial charge in [0, 0.05) is 17.3 Å². The Hall–Kier alpha value is -1.91. The van der Waals surface area contributed by atoms with Crippen molar-refractivity contribution in [2.75, 3.05) is 5.32 Å². The highest BCUT2D eigenvalue weighted by molar-refractivity contribution is 5.46. The van der Waals surface area contributed by atoms with Gasteiger partial charge in [0.15, 0.2) is 0 Å². The molecule has 1 aliphatic carbocycles. The molecule has 0 saturated heterocycles. The molecule has 5 nitrogen and oxygen atoms in total. The molecule has 1 N–H and O–H groups in total. The first kappa shape index (κ1) is 12.1. The SMILES string of the molecule is Cc1cc(CNc2ncnc3c2CCCCC3)no1. The molecule has 2 aromatic rings. The van der Waals surface area contributed by atoms with Gasteiger partial charge in [-0.2, -0.15) is 0 Å². The number of hydrogen-bond acceptors (Lipinski definition) is 5. The maximum atomic E-state index is 5.06. The fourth-order valence-corrected chi connectivity index (χ4v) is 2.53. The largest absolute Gasteiger partial charge is 0.364 e. The van der Waals surface area contributed by atoms with Crippen LogP contribution in [0.2, 0.25) is 0 Å². The molecule has 0 unspecified atom stereocenters. The van der Waals surface area contributed by atoms with E-state index in [2.05, 4.69) is 20.4 Å². The van der Waals surface area contributed by atoms with Crippen LogP contribution in [0.15, 0.2) is 16.9 Å². The van der Waals surface area contributed by atoms with Crippen LogP contribution in [0.4, 0.5) is 5.82 Å². The first-order valence-corrected chi connectivity index (χ1v) is 6.82. The van der Waals surface area contributed by atoms with Crippen LogP contribution in [0.25, 0.3) is 0 Å². The number of rotatable bonds is 3. The molecule has 0 saturated carbocycles. The first-order valence-electron chi connectivity index (χ1n) is 6.82. The zero-order valence-electron chi connectivity index (χ0n) is 11.1. The quantitative estimate of drug-likeness (QED) is 0.857. The van der Waals surface area contributed by atoms with Crippen molar-refractivity contribution < 1.29 is 4.52 Å². The van der Waals surface area contributed by atoms with E-state index < -0.39 is 0 Å². The smallest absolute Gasteiger partial charge is 0.133 e. The number of aromatic nitrogens is 3. The highest BCUT2D eigenvalue weighted by Gasteiger charge is 2.14. The summed E-state index contributed by atoms with van der Waals surface area (Å²) in [5.41, 5.74) is 3.38. The number of nitrogens with zero attached hydrogens (tertiary/aromatic N) is 3. The number of fused-ring (bicyclic) bond motifs is 1. The van der Waals surface area contributed by atoms with E-state index in [0.717, 1.165) is 30.1 Å². The zero-order valence-corrected chi connectivity index (χ0v) is 11.1. The Balaban J connectivity index is 1.77. The van der Waals surface area contributed by atoms with Crippen molar-refractivity contribution in [3.8, 4) is 0 Å². The lowest BCUT2D eigenvalue weighted by Crippen LogP contribution is -2.08. The van der Waals surface area contributed by atoms with Crippen molar-refractivity contribution in [3.63, 3.8) is 0 Å². The Morgan fingerprint density at radius 2 is 2.11 bits per heavy atom. The van der Waals surface area contributed by atoms with Gasteiger partial charge < -0.3 is 9.84 Å². The van der Waals surface area contributed by atoms with Gasteiger partial charge in [-0.25, -0.2) is 9.97 Å². The molecule has 0 radical (unpaired) electrons. The van der Waals surface area contributed by atoms with E-state index in [-0.39, 0.29) is 0 Å². The maximum Gasteiger partial charge on any atom is 0.133 e. The summed E-state index contributed by atoms with van der Waals surface area (Å²) in [6, 6.07) is 1.94. The fourth-order valence-electron chi connectivity index (χ4n) is 2.53. The Bertz CT molecular complexity index is 564. The normalized spacial score (nSPS) is 14.8. The Labute approximate surface area is 112 Å². The number of aryl methyl sites for hydroxylation is 2. The van der Waals surface area contributed by atoms with E-state index in [1.54, 1.807) is 6.33 Å². The van der Waals surface area contributed by atoms with Crippen molar-refractivity contribution in [1.82, 2.24) is 15.1 Å². The minimum absolute atomic E-state index is 0.640. The molecule has 0 fully saturated rings. The molecule has 0 amide bonds. The Morgan fingerprint density at radius 1 is 1.21 bits per heavy atom. The summed E-state index contributed by atoms with van der Waals surface area (Å²) in [6.45, 7) is 2.54. The van der Waals surface area contributed by atoms with Gasteiger partial charge >= 0.3 is 0 Å². The molecular weight excluding hydrogens is 240 g/mol. The minimum atomic E-state index is 0.640. The van der Waals surface area contributed by atoms with Crippen LogP contribution in [-0.4, -0.2) is 15.1 Å². The van der Waals surface area contributed by atoms with Gasteiger partial charge in [-0.15, -0.1) is 0 Å². The molecule has 0 aliphatic heterocycles. The molecule has 0 spiro atoms. The average molecular weight is 258 g/mol. The van der Waals surface area contributed by atoms with Crippen molar-refractivity contribution in [3.05, 3.63) is 35.1 Å². The van der Waals surface area contributed by atoms with Crippen molar-refractivity contribution in [1.29, 1.82) is 0 Å². The Kier molecular flexibility index (Phi) is 3.44. The van der Waals surface area contributed by atoms with Crippen LogP contribution in [0.1, 0.15) is 42.0 Å². The van der Waals surface area contributed by atoms with E-state index in [0.29, 0.717) is 6.54 Å². The monoisotopic (exact) mass is 258 g/mol. The summed E-state index contributed by atoms with van der Waals surface area (Å²) >= 11 is 0. The van der Waals surface area contributed by atoms with Gasteiger partial charge in [-0.05, 0) is 32.6 Å². The van der Waals surface area contributed by atoms with Crippen LogP contribution in [0.3, 0.4) is 0 Å². The van der Waals surface area contributed by atoms with Gasteiger partial charge in [-0.3, -0.25) is 0 Å². The van der Waals surface area contributed by atoms with E-state index in [1.807, 2.05) is 13.0 Å². The van der Waals surface area contributed by atoms with E-state index in [4.69, 9.17) is 4.52 Å². The third-order valence-corrected chi connectivity index (χ3v) is 3.49. The number of anilines is 1. The lowest BCUT2D eigenvalue weighted by molar-refractivity contribution is 0.391. The van der Waals surface area contributed by atoms with Gasteiger partial charge in [0.25, 0.3) is 0 Å². The number of hydrogen-bond donors (Lipinski definition) is 1. The Morgan fingerprint density at radius 3 is 2.95 bits per heavy atom. The van der Waals surface area contributed by atoms with Gasteiger partial charge in [0.1, 0.15) is 23.6 Å². The second-order valence-corrected chi connectivity index (χ2v) is 4.99. The number of nitrogens with one attached hydrogen (secondary N) is 1. The standard InChI is InChI=1S/C14H18N4O/c1-10-7-11(18-19-10)8-15-14-12-5-3-2-4-6-13(12)16-9-17-14/h7,9H,2-6,8H2,1H3,(H,15,16,17). The summed E-state index contributed by atoms with van der Waals surface area (Å²) < 4.78 is 5.06. The molecule has 0 bridgehead atoms. The second kappa shape index (κ2) is 5.38. The molecule has 2 heterocycles. The second-order valence-electron chi connectivity index (χ2n) is 4.99. The van der Waals surface area contributed by atoms with Crippen molar-refractivity contribution >= 4 is 5.82 Å². The molecule has 100 valence electrons. The molecule has 1 aliphatic rings. The summed E-state index contributed by atoms with van der Waals surface area (Å²) in [4.78, 5) is 8.79. The third-order valence-electron chi connectivity index (χ3n) is 3.49. The van der Waals surface area contributed by atoms with Crippen LogP contribution >= 0.6 is 0 Å². The molecule has 19 heavy (non-hydrogen) atoms. The van der Waals surface area contributed by atoms with Crippen LogP contribution < -0.4 is 5.32 Å². The topological polar surface area (TPSA) is 63.8 Å². The molecule has 5 heteroatoms. The molecular formula is C14H18N4O. The summed E-state index contributed by atoms with van der Waals surface area (Å²) in [7, 11) is 0.